The molecule has 2 aromatic carbocycles. The third kappa shape index (κ3) is 6.17. The zero-order chi connectivity index (χ0) is 29.3. The van der Waals surface area contributed by atoms with Gasteiger partial charge in [-0.2, -0.15) is 13.2 Å². The molecule has 3 heterocycles. The van der Waals surface area contributed by atoms with Crippen molar-refractivity contribution in [1.82, 2.24) is 29.5 Å². The number of nitrogens with zero attached hydrogens (tertiary/aromatic N) is 6. The van der Waals surface area contributed by atoms with Gasteiger partial charge < -0.3 is 15.2 Å². The van der Waals surface area contributed by atoms with Gasteiger partial charge in [0.25, 0.3) is 5.91 Å². The van der Waals surface area contributed by atoms with Crippen molar-refractivity contribution in [3.63, 3.8) is 0 Å². The SMILES string of the molecule is CCC(=O)Nc1ncc(-c2cn(-c3cc(C(=O)Nc4cc(-n5cnc(C)c5)cc(C(F)(F)F)c4)ccc3C)nn2)s1. The predicted molar refractivity (Wildman–Crippen MR) is 147 cm³/mol. The Bertz CT molecular complexity index is 1760. The number of hydrogen-bond acceptors (Lipinski definition) is 7. The molecule has 14 heteroatoms. The highest BCUT2D eigenvalue weighted by atomic mass is 32.1. The number of aromatic nitrogens is 6. The number of aryl methyl sites for hydroxylation is 2. The van der Waals surface area contributed by atoms with Crippen LogP contribution in [0.25, 0.3) is 21.9 Å². The Morgan fingerprint density at radius 3 is 2.54 bits per heavy atom. The van der Waals surface area contributed by atoms with Crippen LogP contribution in [0.4, 0.5) is 24.0 Å². The maximum atomic E-state index is 13.6. The van der Waals surface area contributed by atoms with E-state index in [1.807, 2.05) is 6.92 Å². The van der Waals surface area contributed by atoms with Gasteiger partial charge in [-0.15, -0.1) is 5.10 Å². The van der Waals surface area contributed by atoms with Gasteiger partial charge in [-0.3, -0.25) is 9.59 Å². The predicted octanol–water partition coefficient (Wildman–Crippen LogP) is 5.81. The van der Waals surface area contributed by atoms with Gasteiger partial charge in [0.15, 0.2) is 5.13 Å². The standard InChI is InChI=1S/C27H23F3N8O2S/c1-4-24(39)34-26-31-11-23(41-26)21-13-38(36-35-21)22-7-17(6-5-15(22)2)25(40)33-19-8-18(27(28,29)30)9-20(10-19)37-12-16(3)32-14-37/h5-14H,4H2,1-3H3,(H,33,40)(H,31,34,39). The quantitative estimate of drug-likeness (QED) is 0.251. The molecule has 2 amide bonds. The van der Waals surface area contributed by atoms with Crippen molar-refractivity contribution in [1.29, 1.82) is 0 Å². The summed E-state index contributed by atoms with van der Waals surface area (Å²) in [7, 11) is 0. The van der Waals surface area contributed by atoms with Gasteiger partial charge in [0, 0.05) is 35.8 Å². The summed E-state index contributed by atoms with van der Waals surface area (Å²) in [6.45, 7) is 5.29. The van der Waals surface area contributed by atoms with Crippen LogP contribution in [0, 0.1) is 13.8 Å². The Hall–Kier alpha value is -4.85. The second-order valence-electron chi connectivity index (χ2n) is 9.12. The molecule has 10 nitrogen and oxygen atoms in total. The van der Waals surface area contributed by atoms with Gasteiger partial charge in [-0.1, -0.05) is 29.5 Å². The van der Waals surface area contributed by atoms with Crippen molar-refractivity contribution < 1.29 is 22.8 Å². The first-order chi connectivity index (χ1) is 19.5. The molecule has 0 spiro atoms. The Morgan fingerprint density at radius 2 is 1.83 bits per heavy atom. The Balaban J connectivity index is 1.40. The van der Waals surface area contributed by atoms with Crippen LogP contribution in [0.5, 0.6) is 0 Å². The molecule has 0 fully saturated rings. The van der Waals surface area contributed by atoms with Gasteiger partial charge in [0.05, 0.1) is 34.3 Å². The van der Waals surface area contributed by atoms with Crippen molar-refractivity contribution in [2.75, 3.05) is 10.6 Å². The summed E-state index contributed by atoms with van der Waals surface area (Å²) in [6.07, 6.45) is 1.95. The second-order valence-corrected chi connectivity index (χ2v) is 10.2. The Morgan fingerprint density at radius 1 is 1.02 bits per heavy atom. The fourth-order valence-corrected chi connectivity index (χ4v) is 4.69. The fourth-order valence-electron chi connectivity index (χ4n) is 3.91. The van der Waals surface area contributed by atoms with E-state index < -0.39 is 17.6 Å². The van der Waals surface area contributed by atoms with Crippen LogP contribution in [-0.4, -0.2) is 41.3 Å². The molecule has 0 aliphatic heterocycles. The van der Waals surface area contributed by atoms with Gasteiger partial charge >= 0.3 is 6.18 Å². The Kier molecular flexibility index (Phi) is 7.41. The summed E-state index contributed by atoms with van der Waals surface area (Å²) in [6, 6.07) is 8.19. The molecule has 0 aliphatic carbocycles. The zero-order valence-electron chi connectivity index (χ0n) is 22.0. The molecule has 0 radical (unpaired) electrons. The van der Waals surface area contributed by atoms with Crippen molar-refractivity contribution in [3.05, 3.63) is 83.7 Å². The number of imidazole rings is 1. The average Bonchev–Trinajstić information content (AvgIpc) is 3.69. The van der Waals surface area contributed by atoms with E-state index in [1.54, 1.807) is 50.6 Å². The van der Waals surface area contributed by atoms with E-state index >= 15 is 0 Å². The van der Waals surface area contributed by atoms with Gasteiger partial charge in [0.1, 0.15) is 5.69 Å². The van der Waals surface area contributed by atoms with Crippen LogP contribution in [0.15, 0.2) is 61.3 Å². The minimum absolute atomic E-state index is 0.0208. The molecule has 0 unspecified atom stereocenters. The van der Waals surface area contributed by atoms with Crippen LogP contribution in [0.1, 0.15) is 40.5 Å². The molecule has 0 atom stereocenters. The third-order valence-electron chi connectivity index (χ3n) is 6.05. The van der Waals surface area contributed by atoms with E-state index in [9.17, 15) is 22.8 Å². The highest BCUT2D eigenvalue weighted by molar-refractivity contribution is 7.19. The minimum Gasteiger partial charge on any atom is -0.322 e. The topological polar surface area (TPSA) is 120 Å². The lowest BCUT2D eigenvalue weighted by atomic mass is 10.1. The molecule has 41 heavy (non-hydrogen) atoms. The first-order valence-corrected chi connectivity index (χ1v) is 13.2. The van der Waals surface area contributed by atoms with Crippen LogP contribution in [0.2, 0.25) is 0 Å². The summed E-state index contributed by atoms with van der Waals surface area (Å²) < 4.78 is 43.9. The first kappa shape index (κ1) is 27.7. The number of hydrogen-bond donors (Lipinski definition) is 2. The van der Waals surface area contributed by atoms with E-state index in [2.05, 4.69) is 30.9 Å². The molecule has 3 aromatic heterocycles. The minimum atomic E-state index is -4.62. The molecular weight excluding hydrogens is 557 g/mol. The highest BCUT2D eigenvalue weighted by Gasteiger charge is 2.31. The summed E-state index contributed by atoms with van der Waals surface area (Å²) in [5, 5.41) is 14.1. The molecule has 0 bridgehead atoms. The molecular formula is C27H23F3N8O2S. The number of amides is 2. The number of thiazole rings is 1. The number of benzene rings is 2. The van der Waals surface area contributed by atoms with Crippen molar-refractivity contribution >= 4 is 34.0 Å². The van der Waals surface area contributed by atoms with E-state index in [-0.39, 0.29) is 22.8 Å². The molecule has 210 valence electrons. The molecule has 0 saturated carbocycles. The maximum absolute atomic E-state index is 13.6. The molecule has 0 aliphatic rings. The average molecular weight is 581 g/mol. The monoisotopic (exact) mass is 580 g/mol. The number of nitrogens with one attached hydrogen (secondary N) is 2. The van der Waals surface area contributed by atoms with Gasteiger partial charge in [0.2, 0.25) is 5.91 Å². The lowest BCUT2D eigenvalue weighted by Crippen LogP contribution is -2.15. The second kappa shape index (κ2) is 11.0. The number of carbonyl (C=O) groups excluding carboxylic acids is 2. The van der Waals surface area contributed by atoms with E-state index in [0.29, 0.717) is 33.5 Å². The summed E-state index contributed by atoms with van der Waals surface area (Å²) in [5.74, 6) is -0.754. The first-order valence-electron chi connectivity index (χ1n) is 12.3. The number of anilines is 2. The summed E-state index contributed by atoms with van der Waals surface area (Å²) in [4.78, 5) is 33.7. The van der Waals surface area contributed by atoms with E-state index in [1.165, 1.54) is 33.0 Å². The number of halogens is 3. The maximum Gasteiger partial charge on any atom is 0.416 e. The molecule has 2 N–H and O–H groups in total. The van der Waals surface area contributed by atoms with Crippen LogP contribution < -0.4 is 10.6 Å². The smallest absolute Gasteiger partial charge is 0.322 e. The van der Waals surface area contributed by atoms with Crippen LogP contribution >= 0.6 is 11.3 Å². The summed E-state index contributed by atoms with van der Waals surface area (Å²) in [5.41, 5.74) is 1.98. The third-order valence-corrected chi connectivity index (χ3v) is 6.99. The van der Waals surface area contributed by atoms with Gasteiger partial charge in [-0.25, -0.2) is 14.6 Å². The van der Waals surface area contributed by atoms with Crippen molar-refractivity contribution in [3.8, 4) is 21.9 Å². The van der Waals surface area contributed by atoms with E-state index in [0.717, 1.165) is 17.7 Å². The van der Waals surface area contributed by atoms with Crippen molar-refractivity contribution in [2.45, 2.75) is 33.4 Å². The van der Waals surface area contributed by atoms with E-state index in [4.69, 9.17) is 0 Å². The highest BCUT2D eigenvalue weighted by Crippen LogP contribution is 2.33. The fraction of sp³-hybridized carbons (Fsp3) is 0.185. The Labute approximate surface area is 235 Å². The lowest BCUT2D eigenvalue weighted by molar-refractivity contribution is -0.137. The molecule has 5 rings (SSSR count). The number of alkyl halides is 3. The zero-order valence-corrected chi connectivity index (χ0v) is 22.8. The number of rotatable bonds is 7. The number of carbonyl (C=O) groups is 2. The van der Waals surface area contributed by atoms with Crippen molar-refractivity contribution in [2.24, 2.45) is 0 Å². The van der Waals surface area contributed by atoms with Crippen LogP contribution in [0.3, 0.4) is 0 Å². The molecule has 0 saturated heterocycles. The van der Waals surface area contributed by atoms with Gasteiger partial charge in [-0.05, 0) is 49.7 Å². The lowest BCUT2D eigenvalue weighted by Gasteiger charge is -2.14. The largest absolute Gasteiger partial charge is 0.416 e. The molecule has 5 aromatic rings. The normalized spacial score (nSPS) is 11.5. The van der Waals surface area contributed by atoms with Crippen LogP contribution in [-0.2, 0) is 11.0 Å². The summed E-state index contributed by atoms with van der Waals surface area (Å²) >= 11 is 1.25.